The standard InChI is InChI=1S/C10H5F4NO3/c1-17-9(16)6-3-7(11)8(2-5(6)4-15)18-10(12,13)14/h2-3H,1H3. The first-order chi connectivity index (χ1) is 8.28. The Balaban J connectivity index is 3.28. The number of alkyl halides is 3. The van der Waals surface area contributed by atoms with Crippen LogP contribution in [-0.2, 0) is 4.74 Å². The molecule has 1 aromatic rings. The molecular formula is C10H5F4NO3. The minimum Gasteiger partial charge on any atom is -0.465 e. The maximum Gasteiger partial charge on any atom is 0.573 e. The van der Waals surface area contributed by atoms with Crippen LogP contribution in [-0.4, -0.2) is 19.4 Å². The van der Waals surface area contributed by atoms with Crippen LogP contribution in [0.15, 0.2) is 12.1 Å². The molecule has 0 saturated carbocycles. The number of rotatable bonds is 2. The fourth-order valence-electron chi connectivity index (χ4n) is 1.13. The van der Waals surface area contributed by atoms with Crippen molar-refractivity contribution in [2.24, 2.45) is 0 Å². The van der Waals surface area contributed by atoms with Crippen LogP contribution in [0.3, 0.4) is 0 Å². The highest BCUT2D eigenvalue weighted by molar-refractivity contribution is 5.92. The molecule has 0 aliphatic carbocycles. The van der Waals surface area contributed by atoms with E-state index >= 15 is 0 Å². The number of nitrogens with zero attached hydrogens (tertiary/aromatic N) is 1. The van der Waals surface area contributed by atoms with E-state index < -0.39 is 35.0 Å². The van der Waals surface area contributed by atoms with Crippen molar-refractivity contribution in [3.63, 3.8) is 0 Å². The zero-order chi connectivity index (χ0) is 13.9. The van der Waals surface area contributed by atoms with Gasteiger partial charge in [-0.05, 0) is 6.07 Å². The predicted molar refractivity (Wildman–Crippen MR) is 49.1 cm³/mol. The van der Waals surface area contributed by atoms with E-state index in [-0.39, 0.29) is 0 Å². The van der Waals surface area contributed by atoms with Crippen LogP contribution in [0, 0.1) is 17.1 Å². The summed E-state index contributed by atoms with van der Waals surface area (Å²) in [4.78, 5) is 11.1. The Morgan fingerprint density at radius 3 is 2.44 bits per heavy atom. The van der Waals surface area contributed by atoms with Crippen LogP contribution < -0.4 is 4.74 Å². The number of hydrogen-bond donors (Lipinski definition) is 0. The fourth-order valence-corrected chi connectivity index (χ4v) is 1.13. The summed E-state index contributed by atoms with van der Waals surface area (Å²) < 4.78 is 56.6. The van der Waals surface area contributed by atoms with Gasteiger partial charge in [-0.3, -0.25) is 0 Å². The lowest BCUT2D eigenvalue weighted by molar-refractivity contribution is -0.275. The zero-order valence-electron chi connectivity index (χ0n) is 8.84. The highest BCUT2D eigenvalue weighted by Gasteiger charge is 2.33. The number of ether oxygens (including phenoxy) is 2. The van der Waals surface area contributed by atoms with Crippen LogP contribution in [0.5, 0.6) is 5.75 Å². The molecule has 0 N–H and O–H groups in total. The van der Waals surface area contributed by atoms with Gasteiger partial charge < -0.3 is 9.47 Å². The first-order valence-electron chi connectivity index (χ1n) is 4.36. The molecule has 1 aromatic carbocycles. The van der Waals surface area contributed by atoms with Gasteiger partial charge >= 0.3 is 12.3 Å². The SMILES string of the molecule is COC(=O)c1cc(F)c(OC(F)(F)F)cc1C#N. The molecule has 0 aliphatic heterocycles. The Hall–Kier alpha value is -2.30. The van der Waals surface area contributed by atoms with E-state index in [0.29, 0.717) is 12.1 Å². The smallest absolute Gasteiger partial charge is 0.465 e. The van der Waals surface area contributed by atoms with Crippen LogP contribution in [0.4, 0.5) is 17.6 Å². The van der Waals surface area contributed by atoms with E-state index in [2.05, 4.69) is 9.47 Å². The topological polar surface area (TPSA) is 59.3 Å². The lowest BCUT2D eigenvalue weighted by Crippen LogP contribution is -2.18. The summed E-state index contributed by atoms with van der Waals surface area (Å²) in [6.45, 7) is 0. The molecule has 0 fully saturated rings. The zero-order valence-corrected chi connectivity index (χ0v) is 8.84. The molecule has 0 aromatic heterocycles. The molecule has 96 valence electrons. The number of halogens is 4. The molecule has 0 atom stereocenters. The predicted octanol–water partition coefficient (Wildman–Crippen LogP) is 2.38. The summed E-state index contributed by atoms with van der Waals surface area (Å²) in [7, 11) is 0.988. The molecule has 0 bridgehead atoms. The molecule has 18 heavy (non-hydrogen) atoms. The highest BCUT2D eigenvalue weighted by atomic mass is 19.4. The van der Waals surface area contributed by atoms with E-state index in [1.54, 1.807) is 0 Å². The Labute approximate surface area is 98.3 Å². The van der Waals surface area contributed by atoms with Crippen LogP contribution in [0.1, 0.15) is 15.9 Å². The van der Waals surface area contributed by atoms with Gasteiger partial charge in [0.15, 0.2) is 11.6 Å². The van der Waals surface area contributed by atoms with Crippen LogP contribution in [0.25, 0.3) is 0 Å². The normalized spacial score (nSPS) is 10.7. The van der Waals surface area contributed by atoms with Gasteiger partial charge in [-0.25, -0.2) is 9.18 Å². The van der Waals surface area contributed by atoms with Crippen LogP contribution >= 0.6 is 0 Å². The van der Waals surface area contributed by atoms with E-state index in [4.69, 9.17) is 5.26 Å². The minimum absolute atomic E-state index is 0.450. The molecule has 0 heterocycles. The van der Waals surface area contributed by atoms with E-state index in [1.807, 2.05) is 0 Å². The number of nitriles is 1. The van der Waals surface area contributed by atoms with Gasteiger partial charge in [-0.1, -0.05) is 0 Å². The summed E-state index contributed by atoms with van der Waals surface area (Å²) >= 11 is 0. The molecule has 0 saturated heterocycles. The summed E-state index contributed by atoms with van der Waals surface area (Å²) in [6, 6.07) is 2.38. The van der Waals surface area contributed by atoms with Gasteiger partial charge in [0, 0.05) is 6.07 Å². The van der Waals surface area contributed by atoms with Gasteiger partial charge in [0.05, 0.1) is 18.2 Å². The summed E-state index contributed by atoms with van der Waals surface area (Å²) in [6.07, 6.45) is -5.10. The fraction of sp³-hybridized carbons (Fsp3) is 0.200. The third kappa shape index (κ3) is 3.10. The Morgan fingerprint density at radius 2 is 2.00 bits per heavy atom. The molecule has 0 unspecified atom stereocenters. The highest BCUT2D eigenvalue weighted by Crippen LogP contribution is 2.28. The second kappa shape index (κ2) is 4.91. The average Bonchev–Trinajstić information content (AvgIpc) is 2.28. The van der Waals surface area contributed by atoms with Gasteiger partial charge in [-0.15, -0.1) is 13.2 Å². The minimum atomic E-state index is -5.10. The molecule has 1 rings (SSSR count). The van der Waals surface area contributed by atoms with Crippen molar-refractivity contribution in [1.29, 1.82) is 5.26 Å². The lowest BCUT2D eigenvalue weighted by atomic mass is 10.1. The average molecular weight is 263 g/mol. The quantitative estimate of drug-likeness (QED) is 0.607. The summed E-state index contributed by atoms with van der Waals surface area (Å²) in [5.41, 5.74) is -0.963. The third-order valence-electron chi connectivity index (χ3n) is 1.82. The van der Waals surface area contributed by atoms with E-state index in [1.165, 1.54) is 6.07 Å². The second-order valence-electron chi connectivity index (χ2n) is 2.98. The van der Waals surface area contributed by atoms with Gasteiger partial charge in [0.25, 0.3) is 0 Å². The second-order valence-corrected chi connectivity index (χ2v) is 2.98. The monoisotopic (exact) mass is 263 g/mol. The number of carbonyl (C=O) groups excluding carboxylic acids is 1. The van der Waals surface area contributed by atoms with E-state index in [0.717, 1.165) is 7.11 Å². The van der Waals surface area contributed by atoms with Gasteiger partial charge in [0.2, 0.25) is 0 Å². The molecule has 0 spiro atoms. The molecule has 0 amide bonds. The maximum absolute atomic E-state index is 13.3. The molecule has 8 heteroatoms. The van der Waals surface area contributed by atoms with Crippen molar-refractivity contribution in [3.8, 4) is 11.8 Å². The number of methoxy groups -OCH3 is 1. The third-order valence-corrected chi connectivity index (χ3v) is 1.82. The first-order valence-corrected chi connectivity index (χ1v) is 4.36. The van der Waals surface area contributed by atoms with Crippen molar-refractivity contribution in [3.05, 3.63) is 29.1 Å². The Bertz CT molecular complexity index is 519. The lowest BCUT2D eigenvalue weighted by Gasteiger charge is -2.11. The molecular weight excluding hydrogens is 258 g/mol. The number of esters is 1. The number of benzene rings is 1. The largest absolute Gasteiger partial charge is 0.573 e. The van der Waals surface area contributed by atoms with Crippen molar-refractivity contribution >= 4 is 5.97 Å². The number of carbonyl (C=O) groups is 1. The molecule has 4 nitrogen and oxygen atoms in total. The van der Waals surface area contributed by atoms with Crippen molar-refractivity contribution in [2.45, 2.75) is 6.36 Å². The van der Waals surface area contributed by atoms with Gasteiger partial charge in [-0.2, -0.15) is 5.26 Å². The van der Waals surface area contributed by atoms with Crippen molar-refractivity contribution < 1.29 is 31.8 Å². The molecule has 0 radical (unpaired) electrons. The van der Waals surface area contributed by atoms with Gasteiger partial charge in [0.1, 0.15) is 6.07 Å². The van der Waals surface area contributed by atoms with Crippen molar-refractivity contribution in [1.82, 2.24) is 0 Å². The Morgan fingerprint density at radius 1 is 1.39 bits per heavy atom. The molecule has 0 aliphatic rings. The maximum atomic E-state index is 13.3. The van der Waals surface area contributed by atoms with Crippen LogP contribution in [0.2, 0.25) is 0 Å². The first kappa shape index (κ1) is 13.8. The summed E-state index contributed by atoms with van der Waals surface area (Å²) in [5, 5.41) is 8.66. The number of hydrogen-bond acceptors (Lipinski definition) is 4. The van der Waals surface area contributed by atoms with E-state index in [9.17, 15) is 22.4 Å². The van der Waals surface area contributed by atoms with Crippen molar-refractivity contribution in [2.75, 3.05) is 7.11 Å². The summed E-state index contributed by atoms with van der Waals surface area (Å²) in [5.74, 6) is -3.65. The Kier molecular flexibility index (Phi) is 3.76.